The molecule has 7 heteroatoms. The summed E-state index contributed by atoms with van der Waals surface area (Å²) in [4.78, 5) is 29.5. The Kier molecular flexibility index (Phi) is 5.71. The molecule has 2 heterocycles. The van der Waals surface area contributed by atoms with Crippen molar-refractivity contribution < 1.29 is 14.0 Å². The monoisotopic (exact) mass is 465 g/mol. The van der Waals surface area contributed by atoms with Gasteiger partial charge in [0, 0.05) is 48.5 Å². The van der Waals surface area contributed by atoms with Gasteiger partial charge in [-0.3, -0.25) is 9.59 Å². The van der Waals surface area contributed by atoms with E-state index < -0.39 is 0 Å². The van der Waals surface area contributed by atoms with Crippen LogP contribution in [0.15, 0.2) is 54.6 Å². The third kappa shape index (κ3) is 4.27. The van der Waals surface area contributed by atoms with Gasteiger partial charge in [0.15, 0.2) is 0 Å². The standard InChI is InChI=1S/C26H25ClFN3O2/c1-17-23(26(33)30-13-11-29(12-14-30)25(32)19-5-6-19)16-24(18-7-9-20(27)10-8-18)31(17)22-4-2-3-21(28)15-22/h2-4,7-10,15-16,19H,5-6,11-14H2,1H3. The second-order valence-corrected chi connectivity index (χ2v) is 9.18. The zero-order valence-electron chi connectivity index (χ0n) is 18.4. The Morgan fingerprint density at radius 2 is 1.61 bits per heavy atom. The van der Waals surface area contributed by atoms with Crippen molar-refractivity contribution in [3.05, 3.63) is 76.7 Å². The van der Waals surface area contributed by atoms with Gasteiger partial charge in [-0.1, -0.05) is 29.8 Å². The molecule has 3 aromatic rings. The van der Waals surface area contributed by atoms with E-state index in [4.69, 9.17) is 11.6 Å². The molecule has 0 bridgehead atoms. The van der Waals surface area contributed by atoms with Crippen LogP contribution in [0.25, 0.3) is 16.9 Å². The fourth-order valence-corrected chi connectivity index (χ4v) is 4.62. The molecule has 1 aliphatic carbocycles. The summed E-state index contributed by atoms with van der Waals surface area (Å²) in [5.74, 6) is 0.000614. The molecule has 1 aliphatic heterocycles. The highest BCUT2D eigenvalue weighted by Gasteiger charge is 2.35. The Hall–Kier alpha value is -3.12. The molecule has 170 valence electrons. The molecule has 1 saturated carbocycles. The van der Waals surface area contributed by atoms with Crippen LogP contribution in [0.4, 0.5) is 4.39 Å². The molecular weight excluding hydrogens is 441 g/mol. The van der Waals surface area contributed by atoms with Gasteiger partial charge in [-0.15, -0.1) is 0 Å². The van der Waals surface area contributed by atoms with Crippen molar-refractivity contribution in [3.63, 3.8) is 0 Å². The van der Waals surface area contributed by atoms with Crippen LogP contribution in [0.2, 0.25) is 5.02 Å². The summed E-state index contributed by atoms with van der Waals surface area (Å²) >= 11 is 6.08. The first-order valence-electron chi connectivity index (χ1n) is 11.2. The zero-order valence-corrected chi connectivity index (χ0v) is 19.2. The SMILES string of the molecule is Cc1c(C(=O)N2CCN(C(=O)C3CC3)CC2)cc(-c2ccc(Cl)cc2)n1-c1cccc(F)c1. The minimum Gasteiger partial charge on any atom is -0.339 e. The van der Waals surface area contributed by atoms with Gasteiger partial charge >= 0.3 is 0 Å². The minimum atomic E-state index is -0.341. The number of carbonyl (C=O) groups excluding carboxylic acids is 2. The lowest BCUT2D eigenvalue weighted by molar-refractivity contribution is -0.134. The van der Waals surface area contributed by atoms with Gasteiger partial charge in [-0.2, -0.15) is 0 Å². The van der Waals surface area contributed by atoms with Crippen molar-refractivity contribution in [1.82, 2.24) is 14.4 Å². The Morgan fingerprint density at radius 1 is 0.939 bits per heavy atom. The van der Waals surface area contributed by atoms with Gasteiger partial charge in [-0.25, -0.2) is 4.39 Å². The first kappa shape index (κ1) is 21.7. The fourth-order valence-electron chi connectivity index (χ4n) is 4.49. The quantitative estimate of drug-likeness (QED) is 0.548. The number of halogens is 2. The topological polar surface area (TPSA) is 45.6 Å². The van der Waals surface area contributed by atoms with Gasteiger partial charge in [0.25, 0.3) is 5.91 Å². The van der Waals surface area contributed by atoms with Crippen LogP contribution in [-0.2, 0) is 4.79 Å². The molecule has 0 atom stereocenters. The first-order valence-corrected chi connectivity index (χ1v) is 11.6. The molecule has 0 unspecified atom stereocenters. The highest BCUT2D eigenvalue weighted by molar-refractivity contribution is 6.30. The Labute approximate surface area is 197 Å². The fraction of sp³-hybridized carbons (Fsp3) is 0.308. The summed E-state index contributed by atoms with van der Waals surface area (Å²) in [7, 11) is 0. The van der Waals surface area contributed by atoms with E-state index in [0.29, 0.717) is 42.5 Å². The number of amides is 2. The summed E-state index contributed by atoms with van der Waals surface area (Å²) in [6.07, 6.45) is 1.97. The predicted molar refractivity (Wildman–Crippen MR) is 126 cm³/mol. The zero-order chi connectivity index (χ0) is 23.1. The van der Waals surface area contributed by atoms with Crippen molar-refractivity contribution >= 4 is 23.4 Å². The van der Waals surface area contributed by atoms with Crippen molar-refractivity contribution in [2.75, 3.05) is 26.2 Å². The maximum Gasteiger partial charge on any atom is 0.255 e. The van der Waals surface area contributed by atoms with Gasteiger partial charge in [0.2, 0.25) is 5.91 Å². The van der Waals surface area contributed by atoms with Gasteiger partial charge < -0.3 is 14.4 Å². The summed E-state index contributed by atoms with van der Waals surface area (Å²) < 4.78 is 16.0. The number of nitrogens with zero attached hydrogens (tertiary/aromatic N) is 3. The van der Waals surface area contributed by atoms with Crippen LogP contribution in [0, 0.1) is 18.7 Å². The Bertz CT molecular complexity index is 1210. The normalized spacial score (nSPS) is 16.2. The van der Waals surface area contributed by atoms with Crippen molar-refractivity contribution in [1.29, 1.82) is 0 Å². The molecule has 33 heavy (non-hydrogen) atoms. The molecule has 1 saturated heterocycles. The highest BCUT2D eigenvalue weighted by atomic mass is 35.5. The third-order valence-electron chi connectivity index (χ3n) is 6.49. The molecule has 2 amide bonds. The van der Waals surface area contributed by atoms with Crippen molar-refractivity contribution in [2.24, 2.45) is 5.92 Å². The van der Waals surface area contributed by atoms with Gasteiger partial charge in [-0.05, 0) is 61.7 Å². The van der Waals surface area contributed by atoms with Crippen LogP contribution < -0.4 is 0 Å². The van der Waals surface area contributed by atoms with E-state index >= 15 is 0 Å². The lowest BCUT2D eigenvalue weighted by Gasteiger charge is -2.35. The number of hydrogen-bond donors (Lipinski definition) is 0. The number of aromatic nitrogens is 1. The van der Waals surface area contributed by atoms with Crippen LogP contribution in [-0.4, -0.2) is 52.4 Å². The minimum absolute atomic E-state index is 0.0728. The largest absolute Gasteiger partial charge is 0.339 e. The molecule has 5 nitrogen and oxygen atoms in total. The van der Waals surface area contributed by atoms with Gasteiger partial charge in [0.05, 0.1) is 11.3 Å². The van der Waals surface area contributed by atoms with E-state index in [-0.39, 0.29) is 23.5 Å². The number of carbonyl (C=O) groups is 2. The van der Waals surface area contributed by atoms with Crippen molar-refractivity contribution in [3.8, 4) is 16.9 Å². The predicted octanol–water partition coefficient (Wildman–Crippen LogP) is 4.94. The van der Waals surface area contributed by atoms with E-state index in [1.807, 2.05) is 40.7 Å². The summed E-state index contributed by atoms with van der Waals surface area (Å²) in [6.45, 7) is 4.03. The lowest BCUT2D eigenvalue weighted by Crippen LogP contribution is -2.51. The molecular formula is C26H25ClFN3O2. The molecule has 0 N–H and O–H groups in total. The number of piperazine rings is 1. The Morgan fingerprint density at radius 3 is 2.24 bits per heavy atom. The number of benzene rings is 2. The lowest BCUT2D eigenvalue weighted by atomic mass is 10.1. The summed E-state index contributed by atoms with van der Waals surface area (Å²) in [5, 5.41) is 0.620. The summed E-state index contributed by atoms with van der Waals surface area (Å²) in [5.41, 5.74) is 3.64. The van der Waals surface area contributed by atoms with E-state index in [1.165, 1.54) is 12.1 Å². The molecule has 2 aromatic carbocycles. The maximum absolute atomic E-state index is 14.1. The van der Waals surface area contributed by atoms with E-state index in [1.54, 1.807) is 23.1 Å². The molecule has 0 spiro atoms. The van der Waals surface area contributed by atoms with Crippen LogP contribution in [0.1, 0.15) is 28.9 Å². The van der Waals surface area contributed by atoms with Crippen LogP contribution >= 0.6 is 11.6 Å². The molecule has 2 aliphatic rings. The van der Waals surface area contributed by atoms with E-state index in [0.717, 1.165) is 29.8 Å². The number of hydrogen-bond acceptors (Lipinski definition) is 2. The van der Waals surface area contributed by atoms with Gasteiger partial charge in [0.1, 0.15) is 5.82 Å². The Balaban J connectivity index is 1.47. The van der Waals surface area contributed by atoms with Crippen LogP contribution in [0.3, 0.4) is 0 Å². The van der Waals surface area contributed by atoms with Crippen molar-refractivity contribution in [2.45, 2.75) is 19.8 Å². The second-order valence-electron chi connectivity index (χ2n) is 8.74. The molecule has 0 radical (unpaired) electrons. The first-order chi connectivity index (χ1) is 15.9. The van der Waals surface area contributed by atoms with Crippen LogP contribution in [0.5, 0.6) is 0 Å². The highest BCUT2D eigenvalue weighted by Crippen LogP contribution is 2.33. The molecule has 2 fully saturated rings. The smallest absolute Gasteiger partial charge is 0.255 e. The van der Waals surface area contributed by atoms with E-state index in [9.17, 15) is 14.0 Å². The maximum atomic E-state index is 14.1. The second kappa shape index (κ2) is 8.67. The average Bonchev–Trinajstić information content (AvgIpc) is 3.61. The molecule has 5 rings (SSSR count). The number of rotatable bonds is 4. The van der Waals surface area contributed by atoms with E-state index in [2.05, 4.69) is 0 Å². The molecule has 1 aromatic heterocycles. The third-order valence-corrected chi connectivity index (χ3v) is 6.74. The summed E-state index contributed by atoms with van der Waals surface area (Å²) in [6, 6.07) is 15.6. The average molecular weight is 466 g/mol.